The van der Waals surface area contributed by atoms with Gasteiger partial charge in [-0.3, -0.25) is 14.0 Å². The van der Waals surface area contributed by atoms with Crippen molar-refractivity contribution in [1.82, 2.24) is 14.3 Å². The van der Waals surface area contributed by atoms with Crippen molar-refractivity contribution in [3.05, 3.63) is 46.9 Å². The molecule has 124 valence electrons. The molecule has 0 aliphatic carbocycles. The average molecular weight is 347 g/mol. The van der Waals surface area contributed by atoms with Crippen LogP contribution in [0.5, 0.6) is 0 Å². The fourth-order valence-electron chi connectivity index (χ4n) is 2.36. The van der Waals surface area contributed by atoms with Gasteiger partial charge in [-0.1, -0.05) is 11.3 Å². The number of aromatic nitrogens is 2. The van der Waals surface area contributed by atoms with Gasteiger partial charge in [-0.05, 0) is 31.2 Å². The molecule has 0 fully saturated rings. The van der Waals surface area contributed by atoms with Gasteiger partial charge in [-0.15, -0.1) is 0 Å². The number of rotatable bonds is 4. The lowest BCUT2D eigenvalue weighted by Gasteiger charge is -2.13. The van der Waals surface area contributed by atoms with Gasteiger partial charge in [0.15, 0.2) is 4.96 Å². The topological polar surface area (TPSA) is 74.9 Å². The van der Waals surface area contributed by atoms with Crippen LogP contribution in [0.3, 0.4) is 0 Å². The molecule has 24 heavy (non-hydrogen) atoms. The summed E-state index contributed by atoms with van der Waals surface area (Å²) < 4.78 is 14.8. The Morgan fingerprint density at radius 1 is 1.33 bits per heavy atom. The molecule has 0 aliphatic rings. The van der Waals surface area contributed by atoms with Gasteiger partial charge in [0.1, 0.15) is 17.2 Å². The van der Waals surface area contributed by atoms with Gasteiger partial charge < -0.3 is 10.0 Å². The van der Waals surface area contributed by atoms with Crippen molar-refractivity contribution in [2.24, 2.45) is 0 Å². The Balaban J connectivity index is 1.95. The van der Waals surface area contributed by atoms with E-state index >= 15 is 0 Å². The summed E-state index contributed by atoms with van der Waals surface area (Å²) in [7, 11) is 1.45. The first-order chi connectivity index (χ1) is 11.4. The lowest BCUT2D eigenvalue weighted by Crippen LogP contribution is -2.31. The van der Waals surface area contributed by atoms with Crippen LogP contribution >= 0.6 is 11.3 Å². The molecule has 3 aromatic rings. The van der Waals surface area contributed by atoms with Crippen LogP contribution in [0.25, 0.3) is 16.2 Å². The van der Waals surface area contributed by atoms with Crippen LogP contribution in [0.2, 0.25) is 0 Å². The first-order valence-electron chi connectivity index (χ1n) is 7.08. The van der Waals surface area contributed by atoms with Crippen molar-refractivity contribution in [3.8, 4) is 11.3 Å². The first-order valence-corrected chi connectivity index (χ1v) is 7.90. The van der Waals surface area contributed by atoms with Gasteiger partial charge >= 0.3 is 5.97 Å². The normalized spacial score (nSPS) is 11.0. The van der Waals surface area contributed by atoms with Gasteiger partial charge in [0, 0.05) is 24.5 Å². The number of aryl methyl sites for hydroxylation is 1. The fourth-order valence-corrected chi connectivity index (χ4v) is 3.46. The van der Waals surface area contributed by atoms with Crippen molar-refractivity contribution >= 4 is 28.2 Å². The van der Waals surface area contributed by atoms with E-state index in [1.54, 1.807) is 29.7 Å². The second kappa shape index (κ2) is 6.04. The smallest absolute Gasteiger partial charge is 0.323 e. The maximum absolute atomic E-state index is 13.0. The highest BCUT2D eigenvalue weighted by atomic mass is 32.1. The van der Waals surface area contributed by atoms with Crippen molar-refractivity contribution < 1.29 is 19.1 Å². The SMILES string of the molecule is Cc1c(C(=O)N(C)CC(=O)O)sc2nc(-c3ccc(F)cc3)cn12. The number of hydrogen-bond acceptors (Lipinski definition) is 4. The first kappa shape index (κ1) is 16.1. The molecule has 2 aromatic heterocycles. The summed E-state index contributed by atoms with van der Waals surface area (Å²) in [6, 6.07) is 6.02. The van der Waals surface area contributed by atoms with E-state index in [0.717, 1.165) is 10.5 Å². The standard InChI is InChI=1S/C16H14FN3O3S/c1-9-14(15(23)19(2)8-13(21)22)24-16-18-12(7-20(9)16)10-3-5-11(17)6-4-10/h3-7H,8H2,1-2H3,(H,21,22). The van der Waals surface area contributed by atoms with E-state index in [2.05, 4.69) is 4.98 Å². The van der Waals surface area contributed by atoms with Crippen LogP contribution in [0.4, 0.5) is 4.39 Å². The fraction of sp³-hybridized carbons (Fsp3) is 0.188. The molecule has 1 N–H and O–H groups in total. The Morgan fingerprint density at radius 3 is 2.58 bits per heavy atom. The predicted octanol–water partition coefficient (Wildman–Crippen LogP) is 2.67. The number of hydrogen-bond donors (Lipinski definition) is 1. The van der Waals surface area contributed by atoms with Gasteiger partial charge in [0.2, 0.25) is 0 Å². The lowest BCUT2D eigenvalue weighted by atomic mass is 10.2. The Hall–Kier alpha value is -2.74. The minimum Gasteiger partial charge on any atom is -0.480 e. The number of carbonyl (C=O) groups excluding carboxylic acids is 1. The van der Waals surface area contributed by atoms with E-state index in [1.807, 2.05) is 0 Å². The Kier molecular flexibility index (Phi) is 4.06. The van der Waals surface area contributed by atoms with Crippen LogP contribution in [-0.2, 0) is 4.79 Å². The number of aliphatic carboxylic acids is 1. The van der Waals surface area contributed by atoms with E-state index in [4.69, 9.17) is 5.11 Å². The molecule has 0 bridgehead atoms. The quantitative estimate of drug-likeness (QED) is 0.787. The molecule has 0 unspecified atom stereocenters. The van der Waals surface area contributed by atoms with E-state index in [9.17, 15) is 14.0 Å². The molecule has 0 saturated heterocycles. The largest absolute Gasteiger partial charge is 0.480 e. The summed E-state index contributed by atoms with van der Waals surface area (Å²) in [5.41, 5.74) is 2.16. The number of carbonyl (C=O) groups is 2. The Bertz CT molecular complexity index is 930. The van der Waals surface area contributed by atoms with Crippen molar-refractivity contribution in [3.63, 3.8) is 0 Å². The third-order valence-electron chi connectivity index (χ3n) is 3.61. The second-order valence-electron chi connectivity index (χ2n) is 5.36. The molecule has 0 radical (unpaired) electrons. The molecular formula is C16H14FN3O3S. The average Bonchev–Trinajstić information content (AvgIpc) is 3.06. The summed E-state index contributed by atoms with van der Waals surface area (Å²) in [6.07, 6.45) is 1.78. The summed E-state index contributed by atoms with van der Waals surface area (Å²) in [4.78, 5) is 29.8. The van der Waals surface area contributed by atoms with Crippen molar-refractivity contribution in [2.75, 3.05) is 13.6 Å². The second-order valence-corrected chi connectivity index (χ2v) is 6.33. The highest BCUT2D eigenvalue weighted by Crippen LogP contribution is 2.28. The van der Waals surface area contributed by atoms with E-state index in [1.165, 1.54) is 30.5 Å². The molecular weight excluding hydrogens is 333 g/mol. The van der Waals surface area contributed by atoms with E-state index in [-0.39, 0.29) is 18.3 Å². The van der Waals surface area contributed by atoms with Crippen LogP contribution in [0, 0.1) is 12.7 Å². The number of amides is 1. The predicted molar refractivity (Wildman–Crippen MR) is 87.8 cm³/mol. The maximum atomic E-state index is 13.0. The third-order valence-corrected chi connectivity index (χ3v) is 4.75. The van der Waals surface area contributed by atoms with E-state index < -0.39 is 5.97 Å². The number of likely N-dealkylation sites (N-methyl/N-ethyl adjacent to an activating group) is 1. The summed E-state index contributed by atoms with van der Waals surface area (Å²) in [6.45, 7) is 1.42. The number of benzene rings is 1. The number of nitrogens with zero attached hydrogens (tertiary/aromatic N) is 3. The molecule has 0 spiro atoms. The zero-order valence-electron chi connectivity index (χ0n) is 13.0. The number of imidazole rings is 1. The lowest BCUT2D eigenvalue weighted by molar-refractivity contribution is -0.137. The monoisotopic (exact) mass is 347 g/mol. The summed E-state index contributed by atoms with van der Waals surface area (Å²) in [5.74, 6) is -1.73. The van der Waals surface area contributed by atoms with Gasteiger partial charge in [0.25, 0.3) is 5.91 Å². The molecule has 2 heterocycles. The molecule has 0 saturated carbocycles. The minimum atomic E-state index is -1.07. The number of thiazole rings is 1. The molecule has 3 rings (SSSR count). The van der Waals surface area contributed by atoms with Crippen molar-refractivity contribution in [2.45, 2.75) is 6.92 Å². The third kappa shape index (κ3) is 2.88. The highest BCUT2D eigenvalue weighted by Gasteiger charge is 2.22. The van der Waals surface area contributed by atoms with E-state index in [0.29, 0.717) is 21.2 Å². The van der Waals surface area contributed by atoms with Gasteiger partial charge in [-0.25, -0.2) is 9.37 Å². The zero-order chi connectivity index (χ0) is 17.4. The molecule has 8 heteroatoms. The molecule has 0 atom stereocenters. The Labute approximate surface area is 140 Å². The Morgan fingerprint density at radius 2 is 2.00 bits per heavy atom. The number of carboxylic acids is 1. The molecule has 0 aliphatic heterocycles. The van der Waals surface area contributed by atoms with Crippen LogP contribution in [-0.4, -0.2) is 44.9 Å². The van der Waals surface area contributed by atoms with Gasteiger partial charge in [0.05, 0.1) is 5.69 Å². The van der Waals surface area contributed by atoms with Gasteiger partial charge in [-0.2, -0.15) is 0 Å². The summed E-state index contributed by atoms with van der Waals surface area (Å²) >= 11 is 1.20. The van der Waals surface area contributed by atoms with Crippen molar-refractivity contribution in [1.29, 1.82) is 0 Å². The van der Waals surface area contributed by atoms with Crippen LogP contribution in [0.15, 0.2) is 30.5 Å². The van der Waals surface area contributed by atoms with Crippen LogP contribution < -0.4 is 0 Å². The zero-order valence-corrected chi connectivity index (χ0v) is 13.8. The number of halogens is 1. The van der Waals surface area contributed by atoms with Crippen LogP contribution in [0.1, 0.15) is 15.4 Å². The molecule has 6 nitrogen and oxygen atoms in total. The number of fused-ring (bicyclic) bond motifs is 1. The molecule has 1 aromatic carbocycles. The highest BCUT2D eigenvalue weighted by molar-refractivity contribution is 7.19. The maximum Gasteiger partial charge on any atom is 0.323 e. The summed E-state index contributed by atoms with van der Waals surface area (Å²) in [5, 5.41) is 8.80. The number of carboxylic acid groups (broad SMARTS) is 1. The molecule has 1 amide bonds. The minimum absolute atomic E-state index is 0.315.